The second kappa shape index (κ2) is 8.55. The normalized spacial score (nSPS) is 18.9. The first-order valence-corrected chi connectivity index (χ1v) is 10.4. The number of piperidine rings is 1. The van der Waals surface area contributed by atoms with Crippen LogP contribution in [-0.4, -0.2) is 37.0 Å². The third kappa shape index (κ3) is 4.64. The van der Waals surface area contributed by atoms with Gasteiger partial charge in [-0.3, -0.25) is 14.9 Å². The summed E-state index contributed by atoms with van der Waals surface area (Å²) in [6.07, 6.45) is 0.506. The standard InChI is InChI=1S/C22H22ClFN4O3/c1-12-2-3-13(8-18(12)23)25-22(31)26-14-10-28(11-14)15-4-5-16(19(24)9-15)17-6-7-20(29)27-21(17)30/h2-5,8-9,14,17H,6-7,10-11H2,1H3,(H2,25,26,31)(H,27,29,30). The van der Waals surface area contributed by atoms with Gasteiger partial charge < -0.3 is 15.5 Å². The molecule has 0 saturated carbocycles. The summed E-state index contributed by atoms with van der Waals surface area (Å²) in [6.45, 7) is 2.97. The maximum absolute atomic E-state index is 14.7. The summed E-state index contributed by atoms with van der Waals surface area (Å²) in [6, 6.07) is 9.64. The molecule has 1 unspecified atom stereocenters. The van der Waals surface area contributed by atoms with Gasteiger partial charge in [-0.2, -0.15) is 0 Å². The highest BCUT2D eigenvalue weighted by Crippen LogP contribution is 2.31. The number of imide groups is 1. The summed E-state index contributed by atoms with van der Waals surface area (Å²) >= 11 is 6.07. The number of amides is 4. The molecule has 2 aliphatic heterocycles. The molecular weight excluding hydrogens is 423 g/mol. The molecule has 2 aromatic carbocycles. The average Bonchev–Trinajstić information content (AvgIpc) is 2.68. The molecule has 31 heavy (non-hydrogen) atoms. The number of carbonyl (C=O) groups excluding carboxylic acids is 3. The van der Waals surface area contributed by atoms with Crippen molar-refractivity contribution in [2.24, 2.45) is 0 Å². The van der Waals surface area contributed by atoms with Gasteiger partial charge in [-0.25, -0.2) is 9.18 Å². The van der Waals surface area contributed by atoms with E-state index >= 15 is 0 Å². The van der Waals surface area contributed by atoms with Crippen LogP contribution < -0.4 is 20.9 Å². The lowest BCUT2D eigenvalue weighted by Crippen LogP contribution is -2.60. The Morgan fingerprint density at radius 3 is 2.65 bits per heavy atom. The van der Waals surface area contributed by atoms with Gasteiger partial charge in [-0.05, 0) is 43.2 Å². The largest absolute Gasteiger partial charge is 0.367 e. The van der Waals surface area contributed by atoms with Crippen LogP contribution in [0.5, 0.6) is 0 Å². The van der Waals surface area contributed by atoms with E-state index in [2.05, 4.69) is 16.0 Å². The maximum Gasteiger partial charge on any atom is 0.319 e. The molecule has 1 atom stereocenters. The van der Waals surface area contributed by atoms with E-state index in [1.807, 2.05) is 17.9 Å². The lowest BCUT2D eigenvalue weighted by atomic mass is 9.90. The Hall–Kier alpha value is -3.13. The Labute approximate surface area is 183 Å². The number of hydrogen-bond donors (Lipinski definition) is 3. The molecule has 2 aromatic rings. The SMILES string of the molecule is Cc1ccc(NC(=O)NC2CN(c3ccc(C4CCC(=O)NC4=O)c(F)c3)C2)cc1Cl. The van der Waals surface area contributed by atoms with Crippen LogP contribution in [0.4, 0.5) is 20.6 Å². The quantitative estimate of drug-likeness (QED) is 0.631. The van der Waals surface area contributed by atoms with Crippen LogP contribution >= 0.6 is 11.6 Å². The van der Waals surface area contributed by atoms with Crippen LogP contribution in [0.15, 0.2) is 36.4 Å². The molecule has 2 saturated heterocycles. The van der Waals surface area contributed by atoms with Crippen LogP contribution in [-0.2, 0) is 9.59 Å². The minimum absolute atomic E-state index is 0.0706. The predicted molar refractivity (Wildman–Crippen MR) is 116 cm³/mol. The lowest BCUT2D eigenvalue weighted by Gasteiger charge is -2.41. The first-order chi connectivity index (χ1) is 14.8. The molecule has 2 fully saturated rings. The van der Waals surface area contributed by atoms with Crippen molar-refractivity contribution in [3.63, 3.8) is 0 Å². The molecule has 2 aliphatic rings. The average molecular weight is 445 g/mol. The zero-order chi connectivity index (χ0) is 22.1. The van der Waals surface area contributed by atoms with Gasteiger partial charge in [0.05, 0.1) is 12.0 Å². The molecule has 0 aliphatic carbocycles. The number of nitrogens with zero attached hydrogens (tertiary/aromatic N) is 1. The Kier molecular flexibility index (Phi) is 5.82. The summed E-state index contributed by atoms with van der Waals surface area (Å²) in [4.78, 5) is 37.4. The van der Waals surface area contributed by atoms with Crippen LogP contribution in [0.25, 0.3) is 0 Å². The molecule has 7 nitrogen and oxygen atoms in total. The Morgan fingerprint density at radius 2 is 1.97 bits per heavy atom. The fourth-order valence-electron chi connectivity index (χ4n) is 3.79. The van der Waals surface area contributed by atoms with Crippen LogP contribution in [0, 0.1) is 12.7 Å². The number of halogens is 2. The molecule has 0 radical (unpaired) electrons. The molecule has 0 aromatic heterocycles. The highest BCUT2D eigenvalue weighted by Gasteiger charge is 2.32. The van der Waals surface area contributed by atoms with E-state index in [9.17, 15) is 18.8 Å². The molecule has 0 bridgehead atoms. The molecule has 2 heterocycles. The third-order valence-corrected chi connectivity index (χ3v) is 6.02. The van der Waals surface area contributed by atoms with Crippen molar-refractivity contribution in [3.8, 4) is 0 Å². The van der Waals surface area contributed by atoms with Crippen LogP contribution in [0.2, 0.25) is 5.02 Å². The van der Waals surface area contributed by atoms with Gasteiger partial charge >= 0.3 is 6.03 Å². The summed E-state index contributed by atoms with van der Waals surface area (Å²) in [5.41, 5.74) is 2.51. The van der Waals surface area contributed by atoms with Crippen molar-refractivity contribution < 1.29 is 18.8 Å². The van der Waals surface area contributed by atoms with E-state index < -0.39 is 17.6 Å². The first kappa shape index (κ1) is 21.1. The van der Waals surface area contributed by atoms with Crippen molar-refractivity contribution >= 4 is 40.8 Å². The molecular formula is C22H22ClFN4O3. The lowest BCUT2D eigenvalue weighted by molar-refractivity contribution is -0.134. The van der Waals surface area contributed by atoms with E-state index in [0.717, 1.165) is 5.56 Å². The Morgan fingerprint density at radius 1 is 1.19 bits per heavy atom. The second-order valence-electron chi connectivity index (χ2n) is 7.87. The minimum Gasteiger partial charge on any atom is -0.367 e. The number of rotatable bonds is 4. The van der Waals surface area contributed by atoms with Crippen LogP contribution in [0.3, 0.4) is 0 Å². The maximum atomic E-state index is 14.7. The summed E-state index contributed by atoms with van der Waals surface area (Å²) < 4.78 is 14.7. The zero-order valence-corrected chi connectivity index (χ0v) is 17.6. The molecule has 162 valence electrons. The number of anilines is 2. The monoisotopic (exact) mass is 444 g/mol. The number of aryl methyl sites for hydroxylation is 1. The minimum atomic E-state index is -0.656. The Balaban J connectivity index is 1.31. The summed E-state index contributed by atoms with van der Waals surface area (Å²) in [7, 11) is 0. The zero-order valence-electron chi connectivity index (χ0n) is 16.9. The Bertz CT molecular complexity index is 1060. The second-order valence-corrected chi connectivity index (χ2v) is 8.28. The molecule has 4 rings (SSSR count). The van der Waals surface area contributed by atoms with Gasteiger partial charge in [0, 0.05) is 41.5 Å². The third-order valence-electron chi connectivity index (χ3n) is 5.61. The molecule has 3 N–H and O–H groups in total. The number of benzene rings is 2. The van der Waals surface area contributed by atoms with Crippen molar-refractivity contribution in [1.82, 2.24) is 10.6 Å². The highest BCUT2D eigenvalue weighted by molar-refractivity contribution is 6.31. The molecule has 9 heteroatoms. The van der Waals surface area contributed by atoms with Gasteiger partial charge in [-0.15, -0.1) is 0 Å². The number of urea groups is 1. The van der Waals surface area contributed by atoms with Crippen molar-refractivity contribution in [3.05, 3.63) is 58.4 Å². The van der Waals surface area contributed by atoms with Crippen LogP contribution in [0.1, 0.15) is 29.9 Å². The first-order valence-electron chi connectivity index (χ1n) is 10.0. The highest BCUT2D eigenvalue weighted by atomic mass is 35.5. The van der Waals surface area contributed by atoms with Crippen molar-refractivity contribution in [2.45, 2.75) is 31.7 Å². The fourth-order valence-corrected chi connectivity index (χ4v) is 3.97. The predicted octanol–water partition coefficient (Wildman–Crippen LogP) is 3.32. The van der Waals surface area contributed by atoms with E-state index in [1.54, 1.807) is 24.3 Å². The van der Waals surface area contributed by atoms with Gasteiger partial charge in [0.1, 0.15) is 5.82 Å². The van der Waals surface area contributed by atoms with Gasteiger partial charge in [0.25, 0.3) is 0 Å². The number of hydrogen-bond acceptors (Lipinski definition) is 4. The van der Waals surface area contributed by atoms with Gasteiger partial charge in [-0.1, -0.05) is 23.7 Å². The molecule has 0 spiro atoms. The van der Waals surface area contributed by atoms with E-state index in [1.165, 1.54) is 6.07 Å². The van der Waals surface area contributed by atoms with E-state index in [4.69, 9.17) is 11.6 Å². The summed E-state index contributed by atoms with van der Waals surface area (Å²) in [5, 5.41) is 8.45. The molecule has 4 amide bonds. The fraction of sp³-hybridized carbons (Fsp3) is 0.318. The van der Waals surface area contributed by atoms with Gasteiger partial charge in [0.2, 0.25) is 11.8 Å². The number of carbonyl (C=O) groups is 3. The van der Waals surface area contributed by atoms with E-state index in [-0.39, 0.29) is 24.4 Å². The van der Waals surface area contributed by atoms with E-state index in [0.29, 0.717) is 41.5 Å². The number of nitrogens with one attached hydrogen (secondary N) is 3. The summed E-state index contributed by atoms with van der Waals surface area (Å²) in [5.74, 6) is -1.92. The topological polar surface area (TPSA) is 90.5 Å². The van der Waals surface area contributed by atoms with Gasteiger partial charge in [0.15, 0.2) is 0 Å². The smallest absolute Gasteiger partial charge is 0.319 e. The van der Waals surface area contributed by atoms with Crippen molar-refractivity contribution in [2.75, 3.05) is 23.3 Å². The van der Waals surface area contributed by atoms with Crippen molar-refractivity contribution in [1.29, 1.82) is 0 Å².